The van der Waals surface area contributed by atoms with Crippen molar-refractivity contribution >= 4 is 23.2 Å². The van der Waals surface area contributed by atoms with Crippen LogP contribution in [0.2, 0.25) is 0 Å². The number of hydrogen-bond acceptors (Lipinski definition) is 5. The number of benzene rings is 2. The second-order valence-electron chi connectivity index (χ2n) is 5.89. The Morgan fingerprint density at radius 1 is 1.15 bits per heavy atom. The average molecular weight is 371 g/mol. The molecule has 0 aliphatic carbocycles. The fraction of sp³-hybridized carbons (Fsp3) is 0.263. The van der Waals surface area contributed by atoms with Gasteiger partial charge in [-0.25, -0.2) is 0 Å². The van der Waals surface area contributed by atoms with Gasteiger partial charge in [-0.2, -0.15) is 0 Å². The molecule has 0 radical (unpaired) electrons. The number of hydrogen-bond donors (Lipinski definition) is 2. The minimum atomic E-state index is -0.582. The first-order valence-electron chi connectivity index (χ1n) is 8.48. The van der Waals surface area contributed by atoms with Gasteiger partial charge in [0.05, 0.1) is 16.2 Å². The molecule has 27 heavy (non-hydrogen) atoms. The van der Waals surface area contributed by atoms with E-state index in [4.69, 9.17) is 4.74 Å². The number of ether oxygens (including phenoxy) is 1. The summed E-state index contributed by atoms with van der Waals surface area (Å²) in [6.45, 7) is 3.42. The molecule has 2 rings (SSSR count). The summed E-state index contributed by atoms with van der Waals surface area (Å²) in [6, 6.07) is 12.4. The van der Waals surface area contributed by atoms with Gasteiger partial charge < -0.3 is 15.4 Å². The zero-order valence-corrected chi connectivity index (χ0v) is 15.1. The second-order valence-corrected chi connectivity index (χ2v) is 5.89. The first-order chi connectivity index (χ1) is 12.9. The van der Waals surface area contributed by atoms with Crippen LogP contribution in [0.5, 0.6) is 5.75 Å². The lowest BCUT2D eigenvalue weighted by Gasteiger charge is -2.14. The fourth-order valence-electron chi connectivity index (χ4n) is 2.25. The van der Waals surface area contributed by atoms with Crippen molar-refractivity contribution in [2.45, 2.75) is 26.3 Å². The first-order valence-corrected chi connectivity index (χ1v) is 8.48. The number of anilines is 1. The molecular formula is C19H21N3O5. The molecule has 0 aromatic heterocycles. The molecule has 0 unspecified atom stereocenters. The highest BCUT2D eigenvalue weighted by molar-refractivity contribution is 6.04. The van der Waals surface area contributed by atoms with Crippen molar-refractivity contribution in [2.75, 3.05) is 11.9 Å². The normalized spacial score (nSPS) is 11.3. The summed E-state index contributed by atoms with van der Waals surface area (Å²) in [5.74, 6) is -0.822. The van der Waals surface area contributed by atoms with Gasteiger partial charge in [-0.05, 0) is 31.5 Å². The van der Waals surface area contributed by atoms with Gasteiger partial charge in [-0.3, -0.25) is 19.7 Å². The zero-order chi connectivity index (χ0) is 19.8. The number of carbonyl (C=O) groups excluding carboxylic acids is 2. The molecule has 1 atom stereocenters. The summed E-state index contributed by atoms with van der Waals surface area (Å²) in [7, 11) is 0. The minimum absolute atomic E-state index is 0.000416. The summed E-state index contributed by atoms with van der Waals surface area (Å²) in [6.07, 6.45) is 0.782. The number of rotatable bonds is 8. The SMILES string of the molecule is CC[C@@H](C)NC(=O)c1ccccc1NC(=O)COc1ccccc1[N+](=O)[O-]. The van der Waals surface area contributed by atoms with E-state index in [1.807, 2.05) is 13.8 Å². The molecule has 2 aromatic rings. The van der Waals surface area contributed by atoms with Crippen LogP contribution in [0.4, 0.5) is 11.4 Å². The molecule has 0 aliphatic rings. The van der Waals surface area contributed by atoms with Crippen LogP contribution in [0.3, 0.4) is 0 Å². The maximum absolute atomic E-state index is 12.3. The van der Waals surface area contributed by atoms with Gasteiger partial charge in [-0.1, -0.05) is 31.2 Å². The van der Waals surface area contributed by atoms with Crippen LogP contribution < -0.4 is 15.4 Å². The standard InChI is InChI=1S/C19H21N3O5/c1-3-13(2)20-19(24)14-8-4-5-9-15(14)21-18(23)12-27-17-11-7-6-10-16(17)22(25)26/h4-11,13H,3,12H2,1-2H3,(H,20,24)(H,21,23)/t13-/m1/s1. The van der Waals surface area contributed by atoms with Gasteiger partial charge in [0.15, 0.2) is 12.4 Å². The lowest BCUT2D eigenvalue weighted by Crippen LogP contribution is -2.33. The van der Waals surface area contributed by atoms with E-state index < -0.39 is 17.4 Å². The average Bonchev–Trinajstić information content (AvgIpc) is 2.66. The molecule has 0 heterocycles. The number of carbonyl (C=O) groups is 2. The highest BCUT2D eigenvalue weighted by Gasteiger charge is 2.17. The summed E-state index contributed by atoms with van der Waals surface area (Å²) in [4.78, 5) is 34.9. The highest BCUT2D eigenvalue weighted by atomic mass is 16.6. The van der Waals surface area contributed by atoms with E-state index in [9.17, 15) is 19.7 Å². The fourth-order valence-corrected chi connectivity index (χ4v) is 2.25. The van der Waals surface area contributed by atoms with E-state index in [0.29, 0.717) is 11.3 Å². The molecule has 0 bridgehead atoms. The van der Waals surface area contributed by atoms with E-state index in [1.165, 1.54) is 18.2 Å². The van der Waals surface area contributed by atoms with Crippen molar-refractivity contribution in [1.29, 1.82) is 0 Å². The van der Waals surface area contributed by atoms with Gasteiger partial charge in [0.2, 0.25) is 0 Å². The summed E-state index contributed by atoms with van der Waals surface area (Å²) in [5, 5.41) is 16.4. The van der Waals surface area contributed by atoms with Crippen molar-refractivity contribution in [2.24, 2.45) is 0 Å². The van der Waals surface area contributed by atoms with Crippen molar-refractivity contribution in [1.82, 2.24) is 5.32 Å². The number of amides is 2. The summed E-state index contributed by atoms with van der Waals surface area (Å²) in [5.41, 5.74) is 0.449. The molecule has 2 amide bonds. The van der Waals surface area contributed by atoms with Crippen molar-refractivity contribution in [3.8, 4) is 5.75 Å². The summed E-state index contributed by atoms with van der Waals surface area (Å²) < 4.78 is 5.26. The number of nitro groups is 1. The lowest BCUT2D eigenvalue weighted by atomic mass is 10.1. The van der Waals surface area contributed by atoms with E-state index in [0.717, 1.165) is 6.42 Å². The first kappa shape index (κ1) is 19.9. The highest BCUT2D eigenvalue weighted by Crippen LogP contribution is 2.25. The van der Waals surface area contributed by atoms with E-state index in [2.05, 4.69) is 10.6 Å². The third-order valence-corrected chi connectivity index (χ3v) is 3.86. The maximum Gasteiger partial charge on any atom is 0.310 e. The Labute approximate surface area is 156 Å². The van der Waals surface area contributed by atoms with Gasteiger partial charge in [0.25, 0.3) is 11.8 Å². The summed E-state index contributed by atoms with van der Waals surface area (Å²) >= 11 is 0. The van der Waals surface area contributed by atoms with E-state index in [-0.39, 0.29) is 23.4 Å². The predicted octanol–water partition coefficient (Wildman–Crippen LogP) is 3.14. The van der Waals surface area contributed by atoms with E-state index in [1.54, 1.807) is 30.3 Å². The Kier molecular flexibility index (Phi) is 6.87. The lowest BCUT2D eigenvalue weighted by molar-refractivity contribution is -0.385. The number of nitrogens with one attached hydrogen (secondary N) is 2. The Morgan fingerprint density at radius 2 is 1.81 bits per heavy atom. The molecule has 8 heteroatoms. The van der Waals surface area contributed by atoms with Crippen LogP contribution >= 0.6 is 0 Å². The minimum Gasteiger partial charge on any atom is -0.477 e. The molecule has 142 valence electrons. The largest absolute Gasteiger partial charge is 0.477 e. The van der Waals surface area contributed by atoms with Crippen molar-refractivity contribution in [3.63, 3.8) is 0 Å². The van der Waals surface area contributed by atoms with Gasteiger partial charge in [-0.15, -0.1) is 0 Å². The monoisotopic (exact) mass is 371 g/mol. The Morgan fingerprint density at radius 3 is 2.52 bits per heavy atom. The third kappa shape index (κ3) is 5.53. The van der Waals surface area contributed by atoms with Gasteiger partial charge in [0.1, 0.15) is 0 Å². The van der Waals surface area contributed by atoms with Crippen molar-refractivity contribution in [3.05, 3.63) is 64.2 Å². The molecule has 2 N–H and O–H groups in total. The maximum atomic E-state index is 12.3. The molecule has 8 nitrogen and oxygen atoms in total. The van der Waals surface area contributed by atoms with Gasteiger partial charge >= 0.3 is 5.69 Å². The molecule has 0 saturated carbocycles. The molecule has 0 spiro atoms. The van der Waals surface area contributed by atoms with Crippen LogP contribution in [0.25, 0.3) is 0 Å². The molecule has 0 fully saturated rings. The molecular weight excluding hydrogens is 350 g/mol. The van der Waals surface area contributed by atoms with Crippen molar-refractivity contribution < 1.29 is 19.2 Å². The number of para-hydroxylation sites is 3. The number of nitrogens with zero attached hydrogens (tertiary/aromatic N) is 1. The number of nitro benzene ring substituents is 1. The van der Waals surface area contributed by atoms with Crippen LogP contribution in [0, 0.1) is 10.1 Å². The second kappa shape index (κ2) is 9.33. The molecule has 0 aliphatic heterocycles. The molecule has 2 aromatic carbocycles. The quantitative estimate of drug-likeness (QED) is 0.547. The van der Waals surface area contributed by atoms with Gasteiger partial charge in [0, 0.05) is 12.1 Å². The Hall–Kier alpha value is -3.42. The van der Waals surface area contributed by atoms with Crippen LogP contribution in [0.1, 0.15) is 30.6 Å². The van der Waals surface area contributed by atoms with Crippen LogP contribution in [0.15, 0.2) is 48.5 Å². The van der Waals surface area contributed by atoms with Crippen LogP contribution in [-0.2, 0) is 4.79 Å². The predicted molar refractivity (Wildman–Crippen MR) is 101 cm³/mol. The van der Waals surface area contributed by atoms with E-state index >= 15 is 0 Å². The Bertz CT molecular complexity index is 838. The topological polar surface area (TPSA) is 111 Å². The third-order valence-electron chi connectivity index (χ3n) is 3.86. The smallest absolute Gasteiger partial charge is 0.310 e. The zero-order valence-electron chi connectivity index (χ0n) is 15.1. The molecule has 0 saturated heterocycles. The van der Waals surface area contributed by atoms with Crippen LogP contribution in [-0.4, -0.2) is 29.4 Å². The Balaban J connectivity index is 2.04.